The molecule has 16 heavy (non-hydrogen) atoms. The first-order valence-electron chi connectivity index (χ1n) is 6.49. The van der Waals surface area contributed by atoms with Crippen LogP contribution in [0.1, 0.15) is 49.8 Å². The molecule has 3 rings (SSSR count). The van der Waals surface area contributed by atoms with Crippen LogP contribution in [0.5, 0.6) is 0 Å². The summed E-state index contributed by atoms with van der Waals surface area (Å²) in [7, 11) is 0. The van der Waals surface area contributed by atoms with Crippen LogP contribution in [0.15, 0.2) is 24.3 Å². The summed E-state index contributed by atoms with van der Waals surface area (Å²) in [5.74, 6) is 0.811. The Morgan fingerprint density at radius 2 is 2.19 bits per heavy atom. The molecule has 1 N–H and O–H groups in total. The van der Waals surface area contributed by atoms with Crippen LogP contribution in [0.25, 0.3) is 10.9 Å². The molecule has 1 heterocycles. The van der Waals surface area contributed by atoms with E-state index in [4.69, 9.17) is 0 Å². The monoisotopic (exact) mass is 213 g/mol. The Balaban J connectivity index is 2.02. The molecule has 1 nitrogen and oxygen atoms in total. The Morgan fingerprint density at radius 1 is 1.31 bits per heavy atom. The SMILES string of the molecule is CCCCC1CCc2[nH]c3ccccc3c21. The van der Waals surface area contributed by atoms with E-state index in [-0.39, 0.29) is 0 Å². The van der Waals surface area contributed by atoms with Gasteiger partial charge in [-0.15, -0.1) is 0 Å². The largest absolute Gasteiger partial charge is 0.358 e. The lowest BCUT2D eigenvalue weighted by Gasteiger charge is -2.09. The molecule has 1 aliphatic rings. The normalized spacial score (nSPS) is 19.2. The van der Waals surface area contributed by atoms with Crippen LogP contribution < -0.4 is 0 Å². The topological polar surface area (TPSA) is 15.8 Å². The number of unbranched alkanes of at least 4 members (excludes halogenated alkanes) is 1. The molecule has 0 radical (unpaired) electrons. The maximum Gasteiger partial charge on any atom is 0.0459 e. The lowest BCUT2D eigenvalue weighted by Crippen LogP contribution is -1.92. The molecular weight excluding hydrogens is 194 g/mol. The first-order chi connectivity index (χ1) is 7.90. The second-order valence-electron chi connectivity index (χ2n) is 4.94. The van der Waals surface area contributed by atoms with Crippen molar-refractivity contribution in [2.75, 3.05) is 0 Å². The molecule has 0 spiro atoms. The molecule has 1 aliphatic carbocycles. The van der Waals surface area contributed by atoms with Crippen molar-refractivity contribution in [3.8, 4) is 0 Å². The number of rotatable bonds is 3. The number of aryl methyl sites for hydroxylation is 1. The van der Waals surface area contributed by atoms with E-state index in [9.17, 15) is 0 Å². The molecule has 1 aromatic heterocycles. The van der Waals surface area contributed by atoms with Gasteiger partial charge in [-0.2, -0.15) is 0 Å². The molecule has 1 aromatic carbocycles. The van der Waals surface area contributed by atoms with Gasteiger partial charge in [0.05, 0.1) is 0 Å². The fourth-order valence-electron chi connectivity index (χ4n) is 3.09. The number of para-hydroxylation sites is 1. The molecule has 0 fully saturated rings. The Bertz CT molecular complexity index is 495. The van der Waals surface area contributed by atoms with Crippen LogP contribution in [0.4, 0.5) is 0 Å². The van der Waals surface area contributed by atoms with E-state index >= 15 is 0 Å². The lowest BCUT2D eigenvalue weighted by molar-refractivity contribution is 0.582. The summed E-state index contributed by atoms with van der Waals surface area (Å²) in [6.45, 7) is 2.28. The van der Waals surface area contributed by atoms with Crippen LogP contribution in [-0.4, -0.2) is 4.98 Å². The van der Waals surface area contributed by atoms with Gasteiger partial charge in [0, 0.05) is 16.6 Å². The van der Waals surface area contributed by atoms with Gasteiger partial charge < -0.3 is 4.98 Å². The van der Waals surface area contributed by atoms with Crippen LogP contribution in [0, 0.1) is 0 Å². The second kappa shape index (κ2) is 3.97. The number of benzene rings is 1. The summed E-state index contributed by atoms with van der Waals surface area (Å²) >= 11 is 0. The zero-order chi connectivity index (χ0) is 11.0. The summed E-state index contributed by atoms with van der Waals surface area (Å²) in [5.41, 5.74) is 4.46. The predicted molar refractivity (Wildman–Crippen MR) is 68.9 cm³/mol. The quantitative estimate of drug-likeness (QED) is 0.778. The van der Waals surface area contributed by atoms with Gasteiger partial charge in [-0.05, 0) is 36.8 Å². The van der Waals surface area contributed by atoms with Crippen molar-refractivity contribution < 1.29 is 0 Å². The van der Waals surface area contributed by atoms with Crippen molar-refractivity contribution in [3.63, 3.8) is 0 Å². The molecule has 0 saturated carbocycles. The molecule has 0 saturated heterocycles. The van der Waals surface area contributed by atoms with E-state index in [0.717, 1.165) is 5.92 Å². The highest BCUT2D eigenvalue weighted by molar-refractivity contribution is 5.85. The summed E-state index contributed by atoms with van der Waals surface area (Å²) in [6.07, 6.45) is 6.65. The molecule has 84 valence electrons. The fraction of sp³-hybridized carbons (Fsp3) is 0.467. The van der Waals surface area contributed by atoms with Gasteiger partial charge in [0.15, 0.2) is 0 Å². The molecule has 1 atom stereocenters. The summed E-state index contributed by atoms with van der Waals surface area (Å²) in [6, 6.07) is 8.75. The summed E-state index contributed by atoms with van der Waals surface area (Å²) < 4.78 is 0. The number of nitrogens with one attached hydrogen (secondary N) is 1. The van der Waals surface area contributed by atoms with E-state index in [1.165, 1.54) is 48.7 Å². The van der Waals surface area contributed by atoms with Crippen molar-refractivity contribution >= 4 is 10.9 Å². The third-order valence-corrected chi connectivity index (χ3v) is 3.89. The van der Waals surface area contributed by atoms with Gasteiger partial charge in [-0.3, -0.25) is 0 Å². The van der Waals surface area contributed by atoms with Crippen LogP contribution in [0.2, 0.25) is 0 Å². The smallest absolute Gasteiger partial charge is 0.0459 e. The van der Waals surface area contributed by atoms with Crippen molar-refractivity contribution in [2.24, 2.45) is 0 Å². The molecule has 0 bridgehead atoms. The summed E-state index contributed by atoms with van der Waals surface area (Å²) in [5, 5.41) is 1.47. The zero-order valence-corrected chi connectivity index (χ0v) is 9.92. The fourth-order valence-corrected chi connectivity index (χ4v) is 3.09. The first-order valence-corrected chi connectivity index (χ1v) is 6.49. The van der Waals surface area contributed by atoms with E-state index in [2.05, 4.69) is 36.2 Å². The van der Waals surface area contributed by atoms with Crippen molar-refractivity contribution in [3.05, 3.63) is 35.5 Å². The summed E-state index contributed by atoms with van der Waals surface area (Å²) in [4.78, 5) is 3.58. The van der Waals surface area contributed by atoms with E-state index in [1.807, 2.05) is 0 Å². The molecule has 2 aromatic rings. The highest BCUT2D eigenvalue weighted by atomic mass is 14.7. The van der Waals surface area contributed by atoms with Gasteiger partial charge in [-0.25, -0.2) is 0 Å². The average molecular weight is 213 g/mol. The number of aromatic amines is 1. The minimum Gasteiger partial charge on any atom is -0.358 e. The Morgan fingerprint density at radius 3 is 3.06 bits per heavy atom. The Labute approximate surface area is 96.9 Å². The lowest BCUT2D eigenvalue weighted by atomic mass is 9.94. The minimum absolute atomic E-state index is 0.811. The minimum atomic E-state index is 0.811. The highest BCUT2D eigenvalue weighted by Gasteiger charge is 2.25. The first kappa shape index (κ1) is 9.95. The number of hydrogen-bond acceptors (Lipinski definition) is 0. The average Bonchev–Trinajstić information content (AvgIpc) is 2.85. The standard InChI is InChI=1S/C15H19N/c1-2-3-6-11-9-10-14-15(11)12-7-4-5-8-13(12)16-14/h4-5,7-8,11,16H,2-3,6,9-10H2,1H3. The second-order valence-corrected chi connectivity index (χ2v) is 4.94. The van der Waals surface area contributed by atoms with Crippen molar-refractivity contribution in [1.82, 2.24) is 4.98 Å². The molecule has 0 aliphatic heterocycles. The van der Waals surface area contributed by atoms with E-state index in [0.29, 0.717) is 0 Å². The number of fused-ring (bicyclic) bond motifs is 3. The van der Waals surface area contributed by atoms with E-state index in [1.54, 1.807) is 5.56 Å². The number of aromatic nitrogens is 1. The van der Waals surface area contributed by atoms with Crippen LogP contribution in [0.3, 0.4) is 0 Å². The third-order valence-electron chi connectivity index (χ3n) is 3.89. The van der Waals surface area contributed by atoms with Gasteiger partial charge >= 0.3 is 0 Å². The third kappa shape index (κ3) is 1.46. The highest BCUT2D eigenvalue weighted by Crippen LogP contribution is 2.40. The maximum absolute atomic E-state index is 3.58. The van der Waals surface area contributed by atoms with Crippen molar-refractivity contribution in [1.29, 1.82) is 0 Å². The van der Waals surface area contributed by atoms with Gasteiger partial charge in [0.25, 0.3) is 0 Å². The van der Waals surface area contributed by atoms with Crippen molar-refractivity contribution in [2.45, 2.75) is 44.9 Å². The molecular formula is C15H19N. The maximum atomic E-state index is 3.58. The Hall–Kier alpha value is -1.24. The molecule has 1 heteroatoms. The number of hydrogen-bond donors (Lipinski definition) is 1. The molecule has 0 amide bonds. The van der Waals surface area contributed by atoms with Crippen LogP contribution >= 0.6 is 0 Å². The zero-order valence-electron chi connectivity index (χ0n) is 9.92. The Kier molecular flexibility index (Phi) is 2.47. The number of H-pyrrole nitrogens is 1. The van der Waals surface area contributed by atoms with E-state index < -0.39 is 0 Å². The molecule has 1 unspecified atom stereocenters. The van der Waals surface area contributed by atoms with Gasteiger partial charge in [-0.1, -0.05) is 38.0 Å². The van der Waals surface area contributed by atoms with Crippen LogP contribution in [-0.2, 0) is 6.42 Å². The van der Waals surface area contributed by atoms with Gasteiger partial charge in [0.1, 0.15) is 0 Å². The predicted octanol–water partition coefficient (Wildman–Crippen LogP) is 4.39. The van der Waals surface area contributed by atoms with Gasteiger partial charge in [0.2, 0.25) is 0 Å².